The van der Waals surface area contributed by atoms with Crippen LogP contribution in [0.2, 0.25) is 5.02 Å². The van der Waals surface area contributed by atoms with Gasteiger partial charge in [0.2, 0.25) is 5.91 Å². The molecule has 0 bridgehead atoms. The molecule has 0 radical (unpaired) electrons. The van der Waals surface area contributed by atoms with E-state index in [4.69, 9.17) is 16.6 Å². The van der Waals surface area contributed by atoms with E-state index in [1.807, 2.05) is 59.2 Å². The number of benzene rings is 3. The van der Waals surface area contributed by atoms with Gasteiger partial charge in [0.05, 0.1) is 17.6 Å². The molecule has 1 amide bonds. The van der Waals surface area contributed by atoms with Crippen molar-refractivity contribution in [1.82, 2.24) is 14.9 Å². The molecule has 1 N–H and O–H groups in total. The van der Waals surface area contributed by atoms with E-state index in [9.17, 15) is 9.59 Å². The van der Waals surface area contributed by atoms with Gasteiger partial charge >= 0.3 is 0 Å². The number of imidazole rings is 1. The number of nitrogens with zero attached hydrogens (tertiary/aromatic N) is 2. The molecule has 162 valence electrons. The van der Waals surface area contributed by atoms with Crippen molar-refractivity contribution in [2.45, 2.75) is 25.8 Å². The van der Waals surface area contributed by atoms with E-state index in [1.165, 1.54) is 0 Å². The van der Waals surface area contributed by atoms with Gasteiger partial charge in [-0.2, -0.15) is 0 Å². The summed E-state index contributed by atoms with van der Waals surface area (Å²) in [7, 11) is 0. The highest BCUT2D eigenvalue weighted by molar-refractivity contribution is 6.30. The first-order chi connectivity index (χ1) is 15.6. The molecule has 4 aromatic rings. The lowest BCUT2D eigenvalue weighted by molar-refractivity contribution is -0.121. The van der Waals surface area contributed by atoms with Gasteiger partial charge in [0, 0.05) is 30.0 Å². The van der Waals surface area contributed by atoms with Gasteiger partial charge in [-0.3, -0.25) is 9.59 Å². The molecule has 0 atom stereocenters. The lowest BCUT2D eigenvalue weighted by Gasteiger charge is -2.10. The maximum absolute atomic E-state index is 12.9. The van der Waals surface area contributed by atoms with Gasteiger partial charge in [0.15, 0.2) is 5.78 Å². The third kappa shape index (κ3) is 5.42. The SMILES string of the molecule is O=C(CCc1ccccc1)NCCc1nc2ccccc2n1CC(=O)c1ccc(Cl)cc1. The first-order valence-electron chi connectivity index (χ1n) is 10.6. The Labute approximate surface area is 192 Å². The number of hydrogen-bond donors (Lipinski definition) is 1. The number of ketones is 1. The Bertz CT molecular complexity index is 1220. The van der Waals surface area contributed by atoms with Crippen LogP contribution in [0.5, 0.6) is 0 Å². The zero-order valence-corrected chi connectivity index (χ0v) is 18.4. The van der Waals surface area contributed by atoms with Gasteiger partial charge in [-0.25, -0.2) is 4.98 Å². The number of nitrogens with one attached hydrogen (secondary N) is 1. The van der Waals surface area contributed by atoms with Gasteiger partial charge in [0.25, 0.3) is 0 Å². The third-order valence-electron chi connectivity index (χ3n) is 5.36. The number of amides is 1. The van der Waals surface area contributed by atoms with Crippen LogP contribution in [0.15, 0.2) is 78.9 Å². The van der Waals surface area contributed by atoms with Gasteiger partial charge in [-0.05, 0) is 48.4 Å². The molecule has 0 saturated heterocycles. The van der Waals surface area contributed by atoms with E-state index in [0.29, 0.717) is 36.4 Å². The molecule has 6 heteroatoms. The minimum atomic E-state index is -0.0158. The summed E-state index contributed by atoms with van der Waals surface area (Å²) >= 11 is 5.94. The standard InChI is InChI=1S/C26H24ClN3O2/c27-21-13-11-20(12-14-21)24(31)18-30-23-9-5-4-8-22(23)29-25(30)16-17-28-26(32)15-10-19-6-2-1-3-7-19/h1-9,11-14H,10,15-18H2,(H,28,32). The zero-order valence-electron chi connectivity index (χ0n) is 17.6. The van der Waals surface area contributed by atoms with E-state index in [0.717, 1.165) is 22.4 Å². The van der Waals surface area contributed by atoms with Crippen molar-refractivity contribution in [3.05, 3.63) is 101 Å². The number of carbonyl (C=O) groups is 2. The summed E-state index contributed by atoms with van der Waals surface area (Å²) < 4.78 is 1.93. The molecule has 0 aliphatic rings. The van der Waals surface area contributed by atoms with Crippen LogP contribution < -0.4 is 5.32 Å². The number of hydrogen-bond acceptors (Lipinski definition) is 3. The van der Waals surface area contributed by atoms with Crippen molar-refractivity contribution >= 4 is 34.3 Å². The molecule has 0 unspecified atom stereocenters. The highest BCUT2D eigenvalue weighted by Gasteiger charge is 2.15. The summed E-state index contributed by atoms with van der Waals surface area (Å²) in [6.45, 7) is 0.644. The smallest absolute Gasteiger partial charge is 0.220 e. The van der Waals surface area contributed by atoms with Crippen molar-refractivity contribution in [3.63, 3.8) is 0 Å². The van der Waals surface area contributed by atoms with Crippen LogP contribution in [0.4, 0.5) is 0 Å². The van der Waals surface area contributed by atoms with Crippen LogP contribution in [0.25, 0.3) is 11.0 Å². The van der Waals surface area contributed by atoms with E-state index in [-0.39, 0.29) is 18.2 Å². The maximum Gasteiger partial charge on any atom is 0.220 e. The Kier molecular flexibility index (Phi) is 6.97. The van der Waals surface area contributed by atoms with Crippen LogP contribution in [-0.4, -0.2) is 27.8 Å². The first kappa shape index (κ1) is 21.8. The van der Waals surface area contributed by atoms with Gasteiger partial charge in [-0.1, -0.05) is 54.1 Å². The Morgan fingerprint density at radius 2 is 1.59 bits per heavy atom. The van der Waals surface area contributed by atoms with Gasteiger partial charge in [-0.15, -0.1) is 0 Å². The molecule has 32 heavy (non-hydrogen) atoms. The number of para-hydroxylation sites is 2. The Morgan fingerprint density at radius 1 is 0.875 bits per heavy atom. The summed E-state index contributed by atoms with van der Waals surface area (Å²) in [5.41, 5.74) is 3.49. The molecule has 0 spiro atoms. The van der Waals surface area contributed by atoms with E-state index < -0.39 is 0 Å². The maximum atomic E-state index is 12.9. The lowest BCUT2D eigenvalue weighted by Crippen LogP contribution is -2.27. The van der Waals surface area contributed by atoms with Crippen molar-refractivity contribution in [1.29, 1.82) is 0 Å². The number of Topliss-reactive ketones (excluding diaryl/α,β-unsaturated/α-hetero) is 1. The van der Waals surface area contributed by atoms with E-state index in [1.54, 1.807) is 24.3 Å². The Hall–Kier alpha value is -3.44. The predicted molar refractivity (Wildman–Crippen MR) is 127 cm³/mol. The minimum absolute atomic E-state index is 0.00811. The molecular formula is C26H24ClN3O2. The summed E-state index contributed by atoms with van der Waals surface area (Å²) in [5.74, 6) is 0.767. The van der Waals surface area contributed by atoms with Crippen molar-refractivity contribution < 1.29 is 9.59 Å². The molecule has 0 aliphatic carbocycles. The van der Waals surface area contributed by atoms with E-state index >= 15 is 0 Å². The van der Waals surface area contributed by atoms with Crippen LogP contribution in [-0.2, 0) is 24.2 Å². The van der Waals surface area contributed by atoms with E-state index in [2.05, 4.69) is 5.32 Å². The van der Waals surface area contributed by atoms with Crippen molar-refractivity contribution in [3.8, 4) is 0 Å². The normalized spacial score (nSPS) is 10.9. The van der Waals surface area contributed by atoms with Crippen LogP contribution in [0, 0.1) is 0 Å². The summed E-state index contributed by atoms with van der Waals surface area (Å²) in [4.78, 5) is 29.8. The third-order valence-corrected chi connectivity index (χ3v) is 5.61. The van der Waals surface area contributed by atoms with Gasteiger partial charge in [0.1, 0.15) is 5.82 Å². The molecule has 3 aromatic carbocycles. The molecule has 0 aliphatic heterocycles. The fraction of sp³-hybridized carbons (Fsp3) is 0.192. The molecular weight excluding hydrogens is 422 g/mol. The second-order valence-corrected chi connectivity index (χ2v) is 8.05. The highest BCUT2D eigenvalue weighted by atomic mass is 35.5. The second kappa shape index (κ2) is 10.2. The average molecular weight is 446 g/mol. The van der Waals surface area contributed by atoms with Gasteiger partial charge < -0.3 is 9.88 Å². The molecule has 4 rings (SSSR count). The summed E-state index contributed by atoms with van der Waals surface area (Å²) in [6, 6.07) is 24.6. The van der Waals surface area contributed by atoms with Crippen molar-refractivity contribution in [2.24, 2.45) is 0 Å². The second-order valence-electron chi connectivity index (χ2n) is 7.62. The average Bonchev–Trinajstić information content (AvgIpc) is 3.16. The lowest BCUT2D eigenvalue weighted by atomic mass is 10.1. The fourth-order valence-corrected chi connectivity index (χ4v) is 3.79. The fourth-order valence-electron chi connectivity index (χ4n) is 3.67. The number of aryl methyl sites for hydroxylation is 1. The number of aromatic nitrogens is 2. The molecule has 0 fully saturated rings. The highest BCUT2D eigenvalue weighted by Crippen LogP contribution is 2.18. The minimum Gasteiger partial charge on any atom is -0.356 e. The monoisotopic (exact) mass is 445 g/mol. The van der Waals surface area contributed by atoms with Crippen LogP contribution in [0.1, 0.15) is 28.2 Å². The topological polar surface area (TPSA) is 64.0 Å². The first-order valence-corrected chi connectivity index (χ1v) is 11.0. The predicted octanol–water partition coefficient (Wildman–Crippen LogP) is 4.86. The summed E-state index contributed by atoms with van der Waals surface area (Å²) in [6.07, 6.45) is 1.69. The van der Waals surface area contributed by atoms with Crippen molar-refractivity contribution in [2.75, 3.05) is 6.54 Å². The van der Waals surface area contributed by atoms with Crippen LogP contribution >= 0.6 is 11.6 Å². The number of halogens is 1. The quantitative estimate of drug-likeness (QED) is 0.374. The molecule has 0 saturated carbocycles. The Morgan fingerprint density at radius 3 is 2.38 bits per heavy atom. The number of fused-ring (bicyclic) bond motifs is 1. The summed E-state index contributed by atoms with van der Waals surface area (Å²) in [5, 5.41) is 3.57. The zero-order chi connectivity index (χ0) is 22.3. The number of rotatable bonds is 9. The molecule has 5 nitrogen and oxygen atoms in total. The van der Waals surface area contributed by atoms with Crippen LogP contribution in [0.3, 0.4) is 0 Å². The number of carbonyl (C=O) groups excluding carboxylic acids is 2. The largest absolute Gasteiger partial charge is 0.356 e. The molecule has 1 aromatic heterocycles. The molecule has 1 heterocycles. The Balaban J connectivity index is 1.41.